The zero-order valence-electron chi connectivity index (χ0n) is 18.1. The summed E-state index contributed by atoms with van der Waals surface area (Å²) in [5.74, 6) is -16.9. The minimum absolute atomic E-state index is 0. The molecule has 0 aliphatic carbocycles. The topological polar surface area (TPSA) is 120 Å². The largest absolute Gasteiger partial charge is 3.00 e. The summed E-state index contributed by atoms with van der Waals surface area (Å²) < 4.78 is 203. The Balaban J connectivity index is -0.000000154. The fraction of sp³-hybridized carbons (Fsp3) is 0.400. The predicted octanol–water partition coefficient (Wildman–Crippen LogP) is 2.01. The van der Waals surface area contributed by atoms with E-state index in [1.807, 2.05) is 0 Å². The number of allylic oxidation sites excluding steroid dienone is 6. The van der Waals surface area contributed by atoms with Crippen molar-refractivity contribution in [3.8, 4) is 0 Å². The van der Waals surface area contributed by atoms with E-state index in [1.165, 1.54) is 0 Å². The maximum absolute atomic E-state index is 11.3. The molecule has 0 heterocycles. The van der Waals surface area contributed by atoms with Crippen LogP contribution in [0.4, 0.5) is 79.0 Å². The summed E-state index contributed by atoms with van der Waals surface area (Å²) in [6, 6.07) is 0. The molecule has 41 heavy (non-hydrogen) atoms. The Morgan fingerprint density at radius 2 is 0.463 bits per heavy atom. The quantitative estimate of drug-likeness (QED) is 0.196. The van der Waals surface area contributed by atoms with Crippen LogP contribution in [0.5, 0.6) is 0 Å². The Hall–Kier alpha value is -2.57. The Bertz CT molecular complexity index is 838. The summed E-state index contributed by atoms with van der Waals surface area (Å²) in [5, 5.41) is 29.5. The molecule has 0 aliphatic heterocycles. The number of rotatable bonds is 3. The van der Waals surface area contributed by atoms with Crippen LogP contribution >= 0.6 is 0 Å². The zero-order valence-corrected chi connectivity index (χ0v) is 20.4. The Labute approximate surface area is 233 Å². The molecule has 0 saturated carbocycles. The molecule has 0 atom stereocenters. The third-order valence-corrected chi connectivity index (χ3v) is 2.46. The summed E-state index contributed by atoms with van der Waals surface area (Å²) in [6.45, 7) is 0. The first-order chi connectivity index (χ1) is 16.6. The van der Waals surface area contributed by atoms with Gasteiger partial charge in [-0.25, -0.2) is 0 Å². The van der Waals surface area contributed by atoms with Gasteiger partial charge in [0.1, 0.15) is 0 Å². The van der Waals surface area contributed by atoms with E-state index in [0.717, 1.165) is 0 Å². The van der Waals surface area contributed by atoms with Crippen LogP contribution in [0.3, 0.4) is 0 Å². The summed E-state index contributed by atoms with van der Waals surface area (Å²) in [5.41, 5.74) is 0. The van der Waals surface area contributed by atoms with Gasteiger partial charge in [0.25, 0.3) is 17.3 Å². The van der Waals surface area contributed by atoms with Gasteiger partial charge in [-0.3, -0.25) is 14.4 Å². The van der Waals surface area contributed by atoms with Crippen molar-refractivity contribution in [1.29, 1.82) is 0 Å². The Morgan fingerprint density at radius 1 is 0.341 bits per heavy atom. The number of ketones is 3. The number of hydrogen-bond donors (Lipinski definition) is 0. The van der Waals surface area contributed by atoms with Gasteiger partial charge in [0.15, 0.2) is 0 Å². The van der Waals surface area contributed by atoms with Crippen molar-refractivity contribution < 1.29 is 109 Å². The molecule has 0 fully saturated rings. The molecule has 0 rings (SSSR count). The van der Waals surface area contributed by atoms with Crippen molar-refractivity contribution in [1.82, 2.24) is 0 Å². The summed E-state index contributed by atoms with van der Waals surface area (Å²) in [6.07, 6.45) is -35.8. The average Bonchev–Trinajstić information content (AvgIpc) is 2.64. The molecule has 228 valence electrons. The molecule has 0 aromatic rings. The smallest absolute Gasteiger partial charge is 0.869 e. The fourth-order valence-electron chi connectivity index (χ4n) is 0.848. The fourth-order valence-corrected chi connectivity index (χ4v) is 0.848. The van der Waals surface area contributed by atoms with E-state index in [4.69, 9.17) is 0 Å². The minimum Gasteiger partial charge on any atom is -0.869 e. The van der Waals surface area contributed by atoms with Crippen LogP contribution in [-0.2, 0) is 14.4 Å². The first kappa shape index (κ1) is 48.2. The second-order valence-electron chi connectivity index (χ2n) is 5.61. The maximum Gasteiger partial charge on any atom is 3.00 e. The molecule has 0 amide bonds. The van der Waals surface area contributed by atoms with E-state index in [9.17, 15) is 109 Å². The minimum atomic E-state index is -5.46. The third-order valence-electron chi connectivity index (χ3n) is 2.46. The Morgan fingerprint density at radius 3 is 0.537 bits per heavy atom. The second-order valence-corrected chi connectivity index (χ2v) is 5.61. The number of hydrogen-bond acceptors (Lipinski definition) is 6. The summed E-state index contributed by atoms with van der Waals surface area (Å²) in [7, 11) is 0. The number of alkyl halides is 18. The van der Waals surface area contributed by atoms with E-state index in [-0.39, 0.29) is 34.7 Å². The monoisotopic (exact) mass is 675 g/mol. The second kappa shape index (κ2) is 16.8. The van der Waals surface area contributed by atoms with Crippen LogP contribution < -0.4 is 15.3 Å². The molecule has 0 aromatic carbocycles. The van der Waals surface area contributed by atoms with Crippen LogP contribution in [0.25, 0.3) is 0 Å². The van der Waals surface area contributed by atoms with Crippen molar-refractivity contribution in [3.63, 3.8) is 0 Å². The molecule has 0 aliphatic rings. The first-order valence-electron chi connectivity index (χ1n) is 7.86. The standard InChI is InChI=1S/3C5H2F6O2.2Al/c3*6-4(7,8)2(12)1-3(13)5(9,10)11;;/h3*1,12H;;/q;;;2*+3/p-3/b3*2-1-;;. The van der Waals surface area contributed by atoms with Gasteiger partial charge in [0.05, 0.1) is 0 Å². The van der Waals surface area contributed by atoms with Gasteiger partial charge in [-0.05, 0) is 35.5 Å². The molecule has 0 spiro atoms. The van der Waals surface area contributed by atoms with Crippen LogP contribution in [0.15, 0.2) is 35.5 Å². The average molecular weight is 675 g/mol. The van der Waals surface area contributed by atoms with Gasteiger partial charge in [-0.15, -0.1) is 0 Å². The van der Waals surface area contributed by atoms with Gasteiger partial charge < -0.3 is 15.3 Å². The van der Waals surface area contributed by atoms with E-state index in [1.54, 1.807) is 0 Å². The predicted molar refractivity (Wildman–Crippen MR) is 87.1 cm³/mol. The SMILES string of the molecule is O=C(/C=C(\[O-])C(F)(F)F)C(F)(F)F.O=C(/C=C(\[O-])C(F)(F)F)C(F)(F)F.O=C(/C=C(\[O-])C(F)(F)F)C(F)(F)F.[Al+3].[Al+3]. The number of carbonyl (C=O) groups is 3. The molecule has 26 heteroatoms. The number of carbonyl (C=O) groups excluding carboxylic acids is 3. The van der Waals surface area contributed by atoms with Crippen molar-refractivity contribution in [3.05, 3.63) is 35.5 Å². The molecule has 0 N–H and O–H groups in total. The van der Waals surface area contributed by atoms with E-state index in [2.05, 4.69) is 0 Å². The molecule has 0 bridgehead atoms. The molecule has 0 saturated heterocycles. The maximum atomic E-state index is 11.3. The molecule has 6 nitrogen and oxygen atoms in total. The van der Waals surface area contributed by atoms with E-state index >= 15 is 0 Å². The van der Waals surface area contributed by atoms with E-state index in [0.29, 0.717) is 0 Å². The van der Waals surface area contributed by atoms with E-state index < -0.39 is 89.9 Å². The molecule has 0 radical (unpaired) electrons. The molecule has 0 aromatic heterocycles. The third kappa shape index (κ3) is 22.8. The van der Waals surface area contributed by atoms with Crippen molar-refractivity contribution in [2.75, 3.05) is 0 Å². The Kier molecular flexibility index (Phi) is 19.7. The molecular weight excluding hydrogens is 672 g/mol. The van der Waals surface area contributed by atoms with Gasteiger partial charge in [0.2, 0.25) is 0 Å². The van der Waals surface area contributed by atoms with Gasteiger partial charge in [-0.2, -0.15) is 79.0 Å². The first-order valence-corrected chi connectivity index (χ1v) is 7.86. The van der Waals surface area contributed by atoms with Crippen LogP contribution in [0, 0.1) is 0 Å². The molecular formula is C15H3Al2F18O6+3. The zero-order chi connectivity index (χ0) is 32.6. The van der Waals surface area contributed by atoms with Gasteiger partial charge in [0, 0.05) is 0 Å². The van der Waals surface area contributed by atoms with Crippen molar-refractivity contribution >= 4 is 52.1 Å². The normalized spacial score (nSPS) is 13.8. The molecule has 0 unspecified atom stereocenters. The van der Waals surface area contributed by atoms with Crippen LogP contribution in [0.1, 0.15) is 0 Å². The van der Waals surface area contributed by atoms with Crippen molar-refractivity contribution in [2.24, 2.45) is 0 Å². The van der Waals surface area contributed by atoms with Gasteiger partial charge >= 0.3 is 71.8 Å². The van der Waals surface area contributed by atoms with Crippen molar-refractivity contribution in [2.45, 2.75) is 37.1 Å². The van der Waals surface area contributed by atoms with Crippen LogP contribution in [0.2, 0.25) is 0 Å². The van der Waals surface area contributed by atoms with Crippen LogP contribution in [-0.4, -0.2) is 89.1 Å². The van der Waals surface area contributed by atoms with Gasteiger partial charge in [-0.1, -0.05) is 0 Å². The number of halogens is 18. The summed E-state index contributed by atoms with van der Waals surface area (Å²) >= 11 is 0. The summed E-state index contributed by atoms with van der Waals surface area (Å²) in [4.78, 5) is 29.5.